The molecule has 3 atom stereocenters. The predicted molar refractivity (Wildman–Crippen MR) is 80.6 cm³/mol. The van der Waals surface area contributed by atoms with Crippen molar-refractivity contribution in [2.24, 2.45) is 5.92 Å². The molecule has 20 heavy (non-hydrogen) atoms. The molecule has 0 spiro atoms. The normalized spacial score (nSPS) is 30.1. The second-order valence-electron chi connectivity index (χ2n) is 6.85. The summed E-state index contributed by atoms with van der Waals surface area (Å²) in [5, 5.41) is 0. The molecule has 1 aliphatic carbocycles. The molecule has 0 saturated carbocycles. The summed E-state index contributed by atoms with van der Waals surface area (Å²) in [4.78, 5) is 11.9. The summed E-state index contributed by atoms with van der Waals surface area (Å²) in [6.45, 7) is 6.39. The lowest BCUT2D eigenvalue weighted by Gasteiger charge is -2.36. The van der Waals surface area contributed by atoms with Crippen LogP contribution >= 0.6 is 0 Å². The molecule has 3 unspecified atom stereocenters. The van der Waals surface area contributed by atoms with Crippen LogP contribution in [0, 0.1) is 5.92 Å². The van der Waals surface area contributed by atoms with Crippen LogP contribution in [0.2, 0.25) is 25.7 Å². The highest BCUT2D eigenvalue weighted by Gasteiger charge is 2.40. The van der Waals surface area contributed by atoms with Gasteiger partial charge < -0.3 is 4.74 Å². The second kappa shape index (κ2) is 5.61. The summed E-state index contributed by atoms with van der Waals surface area (Å²) in [5.74, 6) is -0.421. The van der Waals surface area contributed by atoms with Crippen molar-refractivity contribution in [3.8, 4) is 0 Å². The second-order valence-corrected chi connectivity index (χ2v) is 14.3. The highest BCUT2D eigenvalue weighted by Crippen LogP contribution is 2.29. The average molecular weight is 317 g/mol. The van der Waals surface area contributed by atoms with Crippen molar-refractivity contribution in [2.45, 2.75) is 50.7 Å². The number of rotatable bonds is 5. The van der Waals surface area contributed by atoms with E-state index in [0.29, 0.717) is 12.5 Å². The van der Waals surface area contributed by atoms with E-state index in [-0.39, 0.29) is 17.8 Å². The van der Waals surface area contributed by atoms with E-state index >= 15 is 0 Å². The van der Waals surface area contributed by atoms with Gasteiger partial charge in [0.1, 0.15) is 12.1 Å². The van der Waals surface area contributed by atoms with Crippen LogP contribution in [0.3, 0.4) is 0 Å². The van der Waals surface area contributed by atoms with Gasteiger partial charge in [-0.1, -0.05) is 31.8 Å². The minimum absolute atomic E-state index is 0.0725. The van der Waals surface area contributed by atoms with E-state index in [9.17, 15) is 13.2 Å². The molecule has 1 N–H and O–H groups in total. The molecule has 114 valence electrons. The molecule has 2 rings (SSSR count). The van der Waals surface area contributed by atoms with Gasteiger partial charge in [0.05, 0.1) is 5.75 Å². The Morgan fingerprint density at radius 2 is 2.10 bits per heavy atom. The third kappa shape index (κ3) is 4.16. The third-order valence-corrected chi connectivity index (χ3v) is 7.18. The van der Waals surface area contributed by atoms with Crippen molar-refractivity contribution in [3.63, 3.8) is 0 Å². The van der Waals surface area contributed by atoms with E-state index in [0.717, 1.165) is 6.42 Å². The topological polar surface area (TPSA) is 72.5 Å². The van der Waals surface area contributed by atoms with E-state index in [2.05, 4.69) is 24.4 Å². The maximum atomic E-state index is 12.1. The molecule has 1 heterocycles. The summed E-state index contributed by atoms with van der Waals surface area (Å²) < 4.78 is 32.1. The number of fused-ring (bicyclic) bond motifs is 2. The quantitative estimate of drug-likeness (QED) is 0.474. The summed E-state index contributed by atoms with van der Waals surface area (Å²) in [7, 11) is -4.86. The number of nitrogens with one attached hydrogen (secondary N) is 1. The van der Waals surface area contributed by atoms with E-state index in [1.165, 1.54) is 0 Å². The number of esters is 1. The molecule has 0 amide bonds. The van der Waals surface area contributed by atoms with Crippen LogP contribution in [-0.4, -0.2) is 40.4 Å². The van der Waals surface area contributed by atoms with E-state index in [1.807, 2.05) is 12.2 Å². The molecular weight excluding hydrogens is 294 g/mol. The first kappa shape index (κ1) is 15.7. The van der Waals surface area contributed by atoms with Crippen molar-refractivity contribution < 1.29 is 17.9 Å². The number of sulfonamides is 1. The fraction of sp³-hybridized carbons (Fsp3) is 0.769. The monoisotopic (exact) mass is 317 g/mol. The fourth-order valence-electron chi connectivity index (χ4n) is 2.47. The van der Waals surface area contributed by atoms with Crippen molar-refractivity contribution in [2.75, 3.05) is 5.75 Å². The summed E-state index contributed by atoms with van der Waals surface area (Å²) in [5.41, 5.74) is 0. The summed E-state index contributed by atoms with van der Waals surface area (Å²) >= 11 is 0. The van der Waals surface area contributed by atoms with Crippen LogP contribution in [0.15, 0.2) is 12.2 Å². The largest absolute Gasteiger partial charge is 0.461 e. The van der Waals surface area contributed by atoms with Crippen LogP contribution < -0.4 is 4.72 Å². The van der Waals surface area contributed by atoms with Crippen LogP contribution in [-0.2, 0) is 19.6 Å². The number of hydrogen-bond acceptors (Lipinski definition) is 4. The molecule has 0 aromatic carbocycles. The Labute approximate surface area is 121 Å². The lowest BCUT2D eigenvalue weighted by molar-refractivity contribution is -0.159. The zero-order chi connectivity index (χ0) is 15.0. The lowest BCUT2D eigenvalue weighted by atomic mass is 9.85. The number of carbonyl (C=O) groups excluding carboxylic acids is 1. The van der Waals surface area contributed by atoms with Gasteiger partial charge in [-0.3, -0.25) is 4.79 Å². The number of hydrogen-bond donors (Lipinski definition) is 1. The molecule has 1 fully saturated rings. The molecule has 7 heteroatoms. The predicted octanol–water partition coefficient (Wildman–Crippen LogP) is 1.50. The third-order valence-electron chi connectivity index (χ3n) is 3.71. The van der Waals surface area contributed by atoms with Gasteiger partial charge >= 0.3 is 5.97 Å². The standard InChI is InChI=1S/C13H23NO4SSi/c1-20(2,3)8-7-19(16,17)14-12-10-5-4-6-11(9-10)18-13(12)15/h4-5,10-12,14H,6-9H2,1-3H3. The van der Waals surface area contributed by atoms with Crippen molar-refractivity contribution >= 4 is 24.1 Å². The van der Waals surface area contributed by atoms with Crippen molar-refractivity contribution in [3.05, 3.63) is 12.2 Å². The number of carbonyl (C=O) groups is 1. The Morgan fingerprint density at radius 1 is 1.40 bits per heavy atom. The summed E-state index contributed by atoms with van der Waals surface area (Å²) in [6, 6.07) is -0.0674. The molecule has 0 radical (unpaired) electrons. The van der Waals surface area contributed by atoms with Gasteiger partial charge in [0.15, 0.2) is 0 Å². The highest BCUT2D eigenvalue weighted by atomic mass is 32.2. The molecule has 0 aromatic heterocycles. The van der Waals surface area contributed by atoms with Crippen molar-refractivity contribution in [1.82, 2.24) is 4.72 Å². The minimum Gasteiger partial charge on any atom is -0.461 e. The Kier molecular flexibility index (Phi) is 4.41. The van der Waals surface area contributed by atoms with Gasteiger partial charge in [0, 0.05) is 20.4 Å². The SMILES string of the molecule is C[Si](C)(C)CCS(=O)(=O)NC1C(=O)OC2CC=CC1C2. The maximum Gasteiger partial charge on any atom is 0.325 e. The molecule has 5 nitrogen and oxygen atoms in total. The highest BCUT2D eigenvalue weighted by molar-refractivity contribution is 7.89. The van der Waals surface area contributed by atoms with Gasteiger partial charge in [0.25, 0.3) is 0 Å². The first-order valence-electron chi connectivity index (χ1n) is 7.03. The fourth-order valence-corrected chi connectivity index (χ4v) is 6.77. The average Bonchev–Trinajstić information content (AvgIpc) is 2.32. The number of ether oxygens (including phenoxy) is 1. The zero-order valence-corrected chi connectivity index (χ0v) is 14.1. The molecular formula is C13H23NO4SSi. The van der Waals surface area contributed by atoms with Gasteiger partial charge in [-0.15, -0.1) is 0 Å². The summed E-state index contributed by atoms with van der Waals surface area (Å²) in [6.07, 6.45) is 5.26. The molecule has 2 aliphatic rings. The molecule has 1 aliphatic heterocycles. The first-order chi connectivity index (χ1) is 9.16. The smallest absolute Gasteiger partial charge is 0.325 e. The Balaban J connectivity index is 2.02. The van der Waals surface area contributed by atoms with E-state index in [1.54, 1.807) is 0 Å². The van der Waals surface area contributed by atoms with Crippen LogP contribution in [0.5, 0.6) is 0 Å². The zero-order valence-electron chi connectivity index (χ0n) is 12.3. The van der Waals surface area contributed by atoms with Crippen molar-refractivity contribution in [1.29, 1.82) is 0 Å². The van der Waals surface area contributed by atoms with Gasteiger partial charge in [-0.2, -0.15) is 0 Å². The minimum atomic E-state index is -3.43. The first-order valence-corrected chi connectivity index (χ1v) is 12.4. The van der Waals surface area contributed by atoms with Gasteiger partial charge in [-0.05, 0) is 12.5 Å². The maximum absolute atomic E-state index is 12.1. The van der Waals surface area contributed by atoms with Crippen LogP contribution in [0.25, 0.3) is 0 Å². The van der Waals surface area contributed by atoms with Gasteiger partial charge in [-0.25, -0.2) is 13.1 Å². The Hall–Kier alpha value is -0.663. The Morgan fingerprint density at radius 3 is 2.75 bits per heavy atom. The van der Waals surface area contributed by atoms with Crippen LogP contribution in [0.1, 0.15) is 12.8 Å². The molecule has 1 saturated heterocycles. The van der Waals surface area contributed by atoms with Gasteiger partial charge in [0.2, 0.25) is 10.0 Å². The van der Waals surface area contributed by atoms with Crippen LogP contribution in [0.4, 0.5) is 0 Å². The van der Waals surface area contributed by atoms with E-state index < -0.39 is 30.1 Å². The lowest BCUT2D eigenvalue weighted by Crippen LogP contribution is -2.53. The molecule has 2 bridgehead atoms. The Bertz CT molecular complexity index is 509. The van der Waals surface area contributed by atoms with E-state index in [4.69, 9.17) is 4.74 Å². The molecule has 0 aromatic rings.